The van der Waals surface area contributed by atoms with Crippen LogP contribution in [-0.2, 0) is 24.4 Å². The molecule has 2 amide bonds. The van der Waals surface area contributed by atoms with Gasteiger partial charge < -0.3 is 31.4 Å². The zero-order valence-corrected chi connectivity index (χ0v) is 13.2. The van der Waals surface area contributed by atoms with Crippen LogP contribution in [0.2, 0.25) is 0 Å². The largest absolute Gasteiger partial charge is 0.547 e. The highest BCUT2D eigenvalue weighted by Gasteiger charge is 2.58. The van der Waals surface area contributed by atoms with Crippen molar-refractivity contribution < 1.29 is 33.0 Å². The van der Waals surface area contributed by atoms with Crippen molar-refractivity contribution in [2.45, 2.75) is 18.1 Å². The second-order valence-electron chi connectivity index (χ2n) is 5.85. The Bertz CT molecular complexity index is 719. The first-order valence-corrected chi connectivity index (χ1v) is 8.65. The molecule has 4 atom stereocenters. The summed E-state index contributed by atoms with van der Waals surface area (Å²) in [6, 6.07) is 0. The number of nitrogens with one attached hydrogen (secondary N) is 2. The first-order chi connectivity index (χ1) is 11.0. The van der Waals surface area contributed by atoms with Crippen molar-refractivity contribution in [1.82, 2.24) is 10.6 Å². The third kappa shape index (κ3) is 3.07. The Kier molecular flexibility index (Phi) is 4.57. The summed E-state index contributed by atoms with van der Waals surface area (Å²) in [5.74, 6) is -6.64. The summed E-state index contributed by atoms with van der Waals surface area (Å²) in [4.78, 5) is 35.1. The molecular formula is C12H17N4O7S-. The maximum Gasteiger partial charge on any atom is 0.246 e. The summed E-state index contributed by atoms with van der Waals surface area (Å²) in [6.07, 6.45) is -0.442. The van der Waals surface area contributed by atoms with Gasteiger partial charge in [-0.1, -0.05) is 0 Å². The normalized spacial score (nSPS) is 32.2. The molecule has 2 aliphatic rings. The van der Waals surface area contributed by atoms with Crippen LogP contribution < -0.4 is 26.6 Å². The second-order valence-corrected chi connectivity index (χ2v) is 7.46. The molecule has 0 aromatic heterocycles. The third-order valence-electron chi connectivity index (χ3n) is 4.37. The van der Waals surface area contributed by atoms with Crippen LogP contribution in [0.15, 0.2) is 11.8 Å². The number of carboxylic acids is 1. The molecule has 134 valence electrons. The Morgan fingerprint density at radius 1 is 1.46 bits per heavy atom. The first-order valence-electron chi connectivity index (χ1n) is 6.93. The number of hydrogen-bond acceptors (Lipinski definition) is 8. The van der Waals surface area contributed by atoms with E-state index in [-0.39, 0.29) is 18.5 Å². The third-order valence-corrected chi connectivity index (χ3v) is 5.03. The van der Waals surface area contributed by atoms with Crippen LogP contribution >= 0.6 is 0 Å². The van der Waals surface area contributed by atoms with Crippen molar-refractivity contribution in [2.24, 2.45) is 22.7 Å². The molecule has 0 aromatic rings. The number of carbonyl (C=O) groups excluding carboxylic acids is 3. The minimum atomic E-state index is -4.20. The highest BCUT2D eigenvalue weighted by Crippen LogP contribution is 2.45. The van der Waals surface area contributed by atoms with Crippen LogP contribution in [-0.4, -0.2) is 55.2 Å². The molecule has 0 aromatic carbocycles. The fraction of sp³-hybridized carbons (Fsp3) is 0.583. The number of primary amides is 1. The van der Waals surface area contributed by atoms with Gasteiger partial charge in [0.25, 0.3) is 0 Å². The van der Waals surface area contributed by atoms with Gasteiger partial charge in [0, 0.05) is 30.2 Å². The summed E-state index contributed by atoms with van der Waals surface area (Å²) < 4.78 is 22.0. The van der Waals surface area contributed by atoms with Crippen LogP contribution in [0.3, 0.4) is 0 Å². The monoisotopic (exact) mass is 361 g/mol. The quantitative estimate of drug-likeness (QED) is 0.319. The fourth-order valence-electron chi connectivity index (χ4n) is 3.42. The maximum atomic E-state index is 11.9. The van der Waals surface area contributed by atoms with E-state index in [0.717, 1.165) is 0 Å². The van der Waals surface area contributed by atoms with Gasteiger partial charge >= 0.3 is 0 Å². The van der Waals surface area contributed by atoms with Gasteiger partial charge in [-0.15, -0.1) is 0 Å². The molecule has 1 heterocycles. The Balaban J connectivity index is 2.39. The molecule has 0 radical (unpaired) electrons. The van der Waals surface area contributed by atoms with Gasteiger partial charge in [0.1, 0.15) is 11.3 Å². The van der Waals surface area contributed by atoms with Gasteiger partial charge in [-0.05, 0) is 6.42 Å². The summed E-state index contributed by atoms with van der Waals surface area (Å²) in [7, 11) is -4.20. The number of aliphatic hydroxyl groups excluding tert-OH is 1. The maximum absolute atomic E-state index is 11.9. The van der Waals surface area contributed by atoms with E-state index in [1.54, 1.807) is 0 Å². The minimum Gasteiger partial charge on any atom is -0.547 e. The molecule has 11 nitrogen and oxygen atoms in total. The van der Waals surface area contributed by atoms with E-state index in [4.69, 9.17) is 10.9 Å². The number of hydrogen-bond donors (Lipinski definition) is 5. The first kappa shape index (κ1) is 18.2. The summed E-state index contributed by atoms with van der Waals surface area (Å²) >= 11 is 0. The molecule has 1 aliphatic heterocycles. The standard InChI is InChI=1S/C12H18N4O7S/c13-10(19)6-2-15-3-7-5(6)1-8(17)12(7,11(20)21)16-9(18)4-24(14,22)23/h2,5,7-8,15,17H,1,3-4H2,(H2,13,19)(H,16,18)(H,20,21)(H2,14,22,23)/p-1/t5-,7+,8-,12+/m0/s1. The number of sulfonamides is 1. The van der Waals surface area contributed by atoms with E-state index < -0.39 is 57.0 Å². The number of carbonyl (C=O) groups is 3. The molecular weight excluding hydrogens is 344 g/mol. The number of primary sulfonamides is 1. The van der Waals surface area contributed by atoms with Crippen molar-refractivity contribution in [3.63, 3.8) is 0 Å². The number of nitrogens with two attached hydrogens (primary N) is 2. The van der Waals surface area contributed by atoms with Crippen LogP contribution in [0.25, 0.3) is 0 Å². The highest BCUT2D eigenvalue weighted by molar-refractivity contribution is 7.89. The molecule has 1 aliphatic carbocycles. The number of rotatable bonds is 5. The summed E-state index contributed by atoms with van der Waals surface area (Å²) in [6.45, 7) is 0.00212. The average Bonchev–Trinajstić information content (AvgIpc) is 2.69. The van der Waals surface area contributed by atoms with E-state index in [1.165, 1.54) is 6.20 Å². The summed E-state index contributed by atoms with van der Waals surface area (Å²) in [5, 5.41) is 31.5. The van der Waals surface area contributed by atoms with Gasteiger partial charge in [0.05, 0.1) is 12.1 Å². The van der Waals surface area contributed by atoms with E-state index in [2.05, 4.69) is 5.32 Å². The number of amides is 2. The lowest BCUT2D eigenvalue weighted by molar-refractivity contribution is -0.318. The van der Waals surface area contributed by atoms with Gasteiger partial charge in [-0.25, -0.2) is 13.6 Å². The zero-order chi connectivity index (χ0) is 18.3. The molecule has 12 heteroatoms. The molecule has 0 unspecified atom stereocenters. The van der Waals surface area contributed by atoms with Crippen molar-refractivity contribution in [1.29, 1.82) is 0 Å². The lowest BCUT2D eigenvalue weighted by Crippen LogP contribution is -2.69. The highest BCUT2D eigenvalue weighted by atomic mass is 32.2. The second kappa shape index (κ2) is 6.03. The van der Waals surface area contributed by atoms with Gasteiger partial charge in [0.2, 0.25) is 21.8 Å². The molecule has 2 rings (SSSR count). The number of aliphatic carboxylic acids is 1. The van der Waals surface area contributed by atoms with Crippen LogP contribution in [0.5, 0.6) is 0 Å². The summed E-state index contributed by atoms with van der Waals surface area (Å²) in [5.41, 5.74) is 3.05. The predicted octanol–water partition coefficient (Wildman–Crippen LogP) is -5.15. The van der Waals surface area contributed by atoms with Crippen molar-refractivity contribution in [3.8, 4) is 0 Å². The Labute approximate surface area is 137 Å². The topological polar surface area (TPSA) is 205 Å². The Morgan fingerprint density at radius 3 is 2.58 bits per heavy atom. The molecule has 0 saturated heterocycles. The Morgan fingerprint density at radius 2 is 2.08 bits per heavy atom. The van der Waals surface area contributed by atoms with Gasteiger partial charge in [-0.2, -0.15) is 0 Å². The zero-order valence-electron chi connectivity index (χ0n) is 12.4. The SMILES string of the molecule is NC(=O)C1=CNC[C@@H]2[C@H]1C[C@H](O)[C@@]2(NC(=O)CS(N)(=O)=O)C(=O)[O-]. The number of fused-ring (bicyclic) bond motifs is 1. The van der Waals surface area contributed by atoms with Crippen molar-refractivity contribution in [2.75, 3.05) is 12.3 Å². The van der Waals surface area contributed by atoms with E-state index in [9.17, 15) is 33.0 Å². The molecule has 24 heavy (non-hydrogen) atoms. The average molecular weight is 361 g/mol. The molecule has 0 bridgehead atoms. The van der Waals surface area contributed by atoms with Gasteiger partial charge in [-0.3, -0.25) is 9.59 Å². The molecule has 7 N–H and O–H groups in total. The van der Waals surface area contributed by atoms with Crippen molar-refractivity contribution in [3.05, 3.63) is 11.8 Å². The number of carboxylic acid groups (broad SMARTS) is 1. The van der Waals surface area contributed by atoms with Crippen LogP contribution in [0.1, 0.15) is 6.42 Å². The molecule has 1 saturated carbocycles. The van der Waals surface area contributed by atoms with Crippen molar-refractivity contribution >= 4 is 27.8 Å². The van der Waals surface area contributed by atoms with Crippen LogP contribution in [0.4, 0.5) is 0 Å². The van der Waals surface area contributed by atoms with E-state index >= 15 is 0 Å². The molecule has 1 fully saturated rings. The lowest BCUT2D eigenvalue weighted by Gasteiger charge is -2.42. The van der Waals surface area contributed by atoms with E-state index in [0.29, 0.717) is 0 Å². The Hall–Kier alpha value is -2.18. The smallest absolute Gasteiger partial charge is 0.246 e. The van der Waals surface area contributed by atoms with Gasteiger partial charge in [0.15, 0.2) is 0 Å². The van der Waals surface area contributed by atoms with Crippen LogP contribution in [0, 0.1) is 11.8 Å². The minimum absolute atomic E-state index is 0.00212. The fourth-order valence-corrected chi connectivity index (χ4v) is 3.86. The van der Waals surface area contributed by atoms with E-state index in [1.807, 2.05) is 5.32 Å². The number of aliphatic hydroxyl groups is 1. The molecule has 0 spiro atoms. The lowest BCUT2D eigenvalue weighted by atomic mass is 9.77. The predicted molar refractivity (Wildman–Crippen MR) is 76.7 cm³/mol.